The summed E-state index contributed by atoms with van der Waals surface area (Å²) < 4.78 is 39.1. The molecule has 7 aliphatic rings. The van der Waals surface area contributed by atoms with Gasteiger partial charge in [-0.15, -0.1) is 0 Å². The maximum atomic E-state index is 15.3. The lowest BCUT2D eigenvalue weighted by molar-refractivity contribution is -0.171. The predicted octanol–water partition coefficient (Wildman–Crippen LogP) is 7.93. The van der Waals surface area contributed by atoms with E-state index in [0.717, 1.165) is 31.3 Å². The molecule has 0 radical (unpaired) electrons. The molecule has 4 heterocycles. The molecule has 2 N–H and O–H groups in total. The normalized spacial score (nSPS) is 30.0. The Hall–Kier alpha value is -3.76. The Morgan fingerprint density at radius 3 is 2.33 bits per heavy atom. The van der Waals surface area contributed by atoms with Gasteiger partial charge in [-0.1, -0.05) is 35.5 Å². The Labute approximate surface area is 323 Å². The first-order chi connectivity index (χ1) is 25.7. The fourth-order valence-corrected chi connectivity index (χ4v) is 10.1. The number of nitrogens with zero attached hydrogens (tertiary/aromatic N) is 1. The van der Waals surface area contributed by atoms with E-state index in [1.165, 1.54) is 5.57 Å². The van der Waals surface area contributed by atoms with Gasteiger partial charge in [0.15, 0.2) is 28.5 Å². The molecule has 1 aromatic carbocycles. The predicted molar refractivity (Wildman–Crippen MR) is 208 cm³/mol. The summed E-state index contributed by atoms with van der Waals surface area (Å²) in [5.74, 6) is -1.97. The van der Waals surface area contributed by atoms with Crippen molar-refractivity contribution in [2.45, 2.75) is 129 Å². The molecule has 55 heavy (non-hydrogen) atoms. The first-order valence-corrected chi connectivity index (χ1v) is 21.1. The molecule has 4 bridgehead atoms. The average molecular weight is 776 g/mol. The quantitative estimate of drug-likeness (QED) is 0.136. The summed E-state index contributed by atoms with van der Waals surface area (Å²) in [4.78, 5) is 66.0. The summed E-state index contributed by atoms with van der Waals surface area (Å²) in [6.45, 7) is 16.8. The third-order valence-corrected chi connectivity index (χ3v) is 12.7. The molecule has 5 unspecified atom stereocenters. The van der Waals surface area contributed by atoms with Gasteiger partial charge in [-0.05, 0) is 112 Å². The lowest BCUT2D eigenvalue weighted by Crippen LogP contribution is -2.72. The van der Waals surface area contributed by atoms with Crippen molar-refractivity contribution < 1.29 is 47.5 Å². The van der Waals surface area contributed by atoms with Gasteiger partial charge in [-0.25, -0.2) is 4.57 Å². The minimum Gasteiger partial charge on any atom is -0.482 e. The molecule has 2 saturated heterocycles. The number of phosphoric acid groups is 1. The molecule has 8 rings (SSSR count). The second kappa shape index (κ2) is 13.7. The van der Waals surface area contributed by atoms with Crippen molar-refractivity contribution in [3.05, 3.63) is 69.4 Å². The van der Waals surface area contributed by atoms with Crippen LogP contribution in [0.3, 0.4) is 0 Å². The minimum absolute atomic E-state index is 0.00458. The number of phosphoric ester groups is 1. The number of likely N-dealkylation sites (tertiary alicyclic amines) is 1. The third kappa shape index (κ3) is 6.49. The number of carbonyl (C=O) groups excluding carboxylic acids is 3. The third-order valence-electron chi connectivity index (χ3n) is 12.3. The summed E-state index contributed by atoms with van der Waals surface area (Å²) in [5.41, 5.74) is -1.57. The van der Waals surface area contributed by atoms with Crippen molar-refractivity contribution in [3.8, 4) is 17.2 Å². The highest BCUT2D eigenvalue weighted by molar-refractivity contribution is 7.46. The molecule has 296 valence electrons. The van der Waals surface area contributed by atoms with E-state index < -0.39 is 47.8 Å². The molecule has 0 aromatic heterocycles. The second-order valence-corrected chi connectivity index (χ2v) is 18.5. The zero-order chi connectivity index (χ0) is 39.9. The van der Waals surface area contributed by atoms with E-state index in [0.29, 0.717) is 42.8 Å². The van der Waals surface area contributed by atoms with Crippen molar-refractivity contribution in [1.29, 1.82) is 0 Å². The van der Waals surface area contributed by atoms with Crippen LogP contribution < -0.4 is 14.0 Å². The number of amides is 1. The Morgan fingerprint density at radius 2 is 1.67 bits per heavy atom. The monoisotopic (exact) mass is 775 g/mol. The minimum atomic E-state index is -5.22. The van der Waals surface area contributed by atoms with E-state index in [4.69, 9.17) is 18.7 Å². The van der Waals surface area contributed by atoms with Crippen LogP contribution in [-0.2, 0) is 25.3 Å². The van der Waals surface area contributed by atoms with Crippen LogP contribution in [-0.4, -0.2) is 67.7 Å². The van der Waals surface area contributed by atoms with Gasteiger partial charge in [0.1, 0.15) is 22.7 Å². The molecular weight excluding hydrogens is 721 g/mol. The number of Topliss-reactive ketones (excluding diaryl/α,β-unsaturated/α-hetero) is 2. The number of benzene rings is 1. The van der Waals surface area contributed by atoms with E-state index in [1.807, 2.05) is 65.5 Å². The van der Waals surface area contributed by atoms with Gasteiger partial charge in [0, 0.05) is 48.1 Å². The number of piperidine rings is 1. The van der Waals surface area contributed by atoms with E-state index >= 15 is 4.79 Å². The SMILES string of the molecule is CC(C)=CCCC1(C)C=Cc2c(c(CC=C(C)C)c3c(c2OP(=O)(O)O)C(=O)C2=CC4CC5C(C)(C)OC(CC=C(C)C(=O)N6CCCCC6)(C4=O)C25O3)O1. The number of rotatable bonds is 10. The van der Waals surface area contributed by atoms with E-state index in [1.54, 1.807) is 25.2 Å². The highest BCUT2D eigenvalue weighted by Crippen LogP contribution is 2.69. The summed E-state index contributed by atoms with van der Waals surface area (Å²) in [5, 5.41) is 0. The molecule has 3 fully saturated rings. The van der Waals surface area contributed by atoms with Crippen LogP contribution in [0.5, 0.6) is 17.2 Å². The van der Waals surface area contributed by atoms with Crippen LogP contribution in [0, 0.1) is 11.8 Å². The largest absolute Gasteiger partial charge is 0.524 e. The Bertz CT molecular complexity index is 2050. The standard InChI is InChI=1S/C43H54NO10P/c1-25(2)13-12-18-41(8)19-17-30-35(51-41)29(15-14-26(3)4)36-33(37(30)53-55(48,49)50)34(45)31-23-28-24-32-40(6,7)54-42(38(28)46,43(31,32)52-36)20-16-27(5)39(47)44-21-10-9-11-22-44/h13-14,16-17,19,23,28,32H,9-12,15,18,20-22,24H2,1-8H3,(H2,48,49,50). The van der Waals surface area contributed by atoms with Gasteiger partial charge in [0.25, 0.3) is 0 Å². The number of fused-ring (bicyclic) bond motifs is 2. The van der Waals surface area contributed by atoms with Gasteiger partial charge >= 0.3 is 7.82 Å². The molecule has 1 saturated carbocycles. The Kier molecular flexibility index (Phi) is 9.84. The highest BCUT2D eigenvalue weighted by atomic mass is 31.2. The highest BCUT2D eigenvalue weighted by Gasteiger charge is 2.81. The molecule has 1 aromatic rings. The van der Waals surface area contributed by atoms with Gasteiger partial charge in [-0.3, -0.25) is 24.2 Å². The molecule has 3 aliphatic carbocycles. The lowest BCUT2D eigenvalue weighted by atomic mass is 9.51. The number of carbonyl (C=O) groups is 3. The molecule has 1 amide bonds. The topological polar surface area (TPSA) is 149 Å². The smallest absolute Gasteiger partial charge is 0.482 e. The van der Waals surface area contributed by atoms with Crippen molar-refractivity contribution in [2.75, 3.05) is 13.1 Å². The lowest BCUT2D eigenvalue weighted by Gasteiger charge is -2.56. The number of hydrogen-bond donors (Lipinski definition) is 2. The fraction of sp³-hybridized carbons (Fsp3) is 0.558. The Morgan fingerprint density at radius 1 is 0.982 bits per heavy atom. The van der Waals surface area contributed by atoms with Crippen molar-refractivity contribution in [2.24, 2.45) is 11.8 Å². The van der Waals surface area contributed by atoms with Crippen LogP contribution in [0.2, 0.25) is 0 Å². The number of allylic oxidation sites excluding steroid dienone is 5. The van der Waals surface area contributed by atoms with Crippen molar-refractivity contribution >= 4 is 31.4 Å². The summed E-state index contributed by atoms with van der Waals surface area (Å²) in [6.07, 6.45) is 16.0. The van der Waals surface area contributed by atoms with Gasteiger partial charge in [-0.2, -0.15) is 0 Å². The van der Waals surface area contributed by atoms with Crippen LogP contribution in [0.25, 0.3) is 6.08 Å². The van der Waals surface area contributed by atoms with E-state index in [2.05, 4.69) is 6.08 Å². The summed E-state index contributed by atoms with van der Waals surface area (Å²) >= 11 is 0. The Balaban J connectivity index is 1.44. The summed E-state index contributed by atoms with van der Waals surface area (Å²) in [6, 6.07) is 0. The fourth-order valence-electron chi connectivity index (χ4n) is 9.72. The summed E-state index contributed by atoms with van der Waals surface area (Å²) in [7, 11) is -5.22. The van der Waals surface area contributed by atoms with Gasteiger partial charge < -0.3 is 23.6 Å². The van der Waals surface area contributed by atoms with E-state index in [9.17, 15) is 23.9 Å². The van der Waals surface area contributed by atoms with Crippen LogP contribution >= 0.6 is 7.82 Å². The maximum Gasteiger partial charge on any atom is 0.524 e. The number of ether oxygens (including phenoxy) is 3. The first-order valence-electron chi connectivity index (χ1n) is 19.5. The maximum absolute atomic E-state index is 15.3. The van der Waals surface area contributed by atoms with Gasteiger partial charge in [0.05, 0.1) is 11.2 Å². The molecule has 12 heteroatoms. The van der Waals surface area contributed by atoms with E-state index in [-0.39, 0.29) is 52.7 Å². The van der Waals surface area contributed by atoms with Crippen molar-refractivity contribution in [3.63, 3.8) is 0 Å². The zero-order valence-corrected chi connectivity index (χ0v) is 34.1. The number of hydrogen-bond acceptors (Lipinski definition) is 8. The average Bonchev–Trinajstić information content (AvgIpc) is 3.26. The second-order valence-electron chi connectivity index (χ2n) is 17.4. The zero-order valence-electron chi connectivity index (χ0n) is 33.2. The van der Waals surface area contributed by atoms with Crippen LogP contribution in [0.1, 0.15) is 122 Å². The van der Waals surface area contributed by atoms with Crippen molar-refractivity contribution in [1.82, 2.24) is 4.90 Å². The van der Waals surface area contributed by atoms with Gasteiger partial charge in [0.2, 0.25) is 5.91 Å². The molecular formula is C43H54NO10P. The first kappa shape index (κ1) is 39.5. The molecule has 1 spiro atoms. The molecule has 5 atom stereocenters. The van der Waals surface area contributed by atoms with Crippen LogP contribution in [0.4, 0.5) is 0 Å². The molecule has 4 aliphatic heterocycles. The molecule has 11 nitrogen and oxygen atoms in total. The number of ketones is 2. The van der Waals surface area contributed by atoms with Crippen LogP contribution in [0.15, 0.2) is 52.7 Å².